The Hall–Kier alpha value is -3.89. The van der Waals surface area contributed by atoms with Gasteiger partial charge in [0.1, 0.15) is 17.0 Å². The van der Waals surface area contributed by atoms with Crippen molar-refractivity contribution in [2.24, 2.45) is 10.7 Å². The van der Waals surface area contributed by atoms with Crippen molar-refractivity contribution < 1.29 is 23.9 Å². The first kappa shape index (κ1) is 30.1. The second-order valence-corrected chi connectivity index (χ2v) is 13.0. The van der Waals surface area contributed by atoms with Gasteiger partial charge in [-0.25, -0.2) is 9.59 Å². The lowest BCUT2D eigenvalue weighted by Gasteiger charge is -2.19. The van der Waals surface area contributed by atoms with Crippen LogP contribution in [0.2, 0.25) is 5.02 Å². The molecule has 2 aromatic carbocycles. The number of aromatic nitrogens is 1. The highest BCUT2D eigenvalue weighted by atomic mass is 35.5. The van der Waals surface area contributed by atoms with Crippen LogP contribution in [0.25, 0.3) is 21.0 Å². The van der Waals surface area contributed by atoms with Crippen LogP contribution < -0.4 is 11.1 Å². The summed E-state index contributed by atoms with van der Waals surface area (Å²) < 4.78 is 13.1. The number of hydrogen-bond acceptors (Lipinski definition) is 6. The van der Waals surface area contributed by atoms with Crippen LogP contribution in [-0.4, -0.2) is 46.2 Å². The van der Waals surface area contributed by atoms with Crippen LogP contribution >= 0.6 is 22.9 Å². The number of nitrogens with one attached hydrogen (secondary N) is 1. The summed E-state index contributed by atoms with van der Waals surface area (Å²) in [5.41, 5.74) is 6.57. The van der Waals surface area contributed by atoms with Crippen molar-refractivity contribution in [2.75, 3.05) is 6.54 Å². The van der Waals surface area contributed by atoms with E-state index in [1.165, 1.54) is 22.1 Å². The summed E-state index contributed by atoms with van der Waals surface area (Å²) in [4.78, 5) is 42.6. The summed E-state index contributed by atoms with van der Waals surface area (Å²) in [6, 6.07) is 12.9. The third-order valence-electron chi connectivity index (χ3n) is 5.75. The maximum Gasteiger partial charge on any atom is 0.436 e. The zero-order valence-corrected chi connectivity index (χ0v) is 25.4. The predicted molar refractivity (Wildman–Crippen MR) is 163 cm³/mol. The van der Waals surface area contributed by atoms with Crippen LogP contribution in [0, 0.1) is 0 Å². The summed E-state index contributed by atoms with van der Waals surface area (Å²) in [6.45, 7) is 10.9. The number of fused-ring (bicyclic) bond motifs is 2. The van der Waals surface area contributed by atoms with Crippen molar-refractivity contribution in [2.45, 2.75) is 59.2 Å². The number of carbonyl (C=O) groups excluding carboxylic acids is 3. The molecule has 0 unspecified atom stereocenters. The summed E-state index contributed by atoms with van der Waals surface area (Å²) in [5, 5.41) is 5.14. The van der Waals surface area contributed by atoms with Gasteiger partial charge in [-0.1, -0.05) is 23.7 Å². The van der Waals surface area contributed by atoms with E-state index >= 15 is 0 Å². The Morgan fingerprint density at radius 1 is 1.00 bits per heavy atom. The minimum Gasteiger partial charge on any atom is -0.443 e. The lowest BCUT2D eigenvalue weighted by molar-refractivity contribution is 0.0542. The minimum atomic E-state index is -0.837. The third-order valence-corrected chi connectivity index (χ3v) is 7.08. The number of nitrogens with two attached hydrogens (primary N) is 1. The fraction of sp³-hybridized carbons (Fsp3) is 0.333. The van der Waals surface area contributed by atoms with Gasteiger partial charge in [-0.15, -0.1) is 11.3 Å². The fourth-order valence-electron chi connectivity index (χ4n) is 4.07. The molecular formula is C30H33ClN4O5S. The number of hydrogen-bond donors (Lipinski definition) is 2. The maximum absolute atomic E-state index is 13.0. The molecule has 0 saturated carbocycles. The van der Waals surface area contributed by atoms with Crippen molar-refractivity contribution in [1.29, 1.82) is 0 Å². The van der Waals surface area contributed by atoms with E-state index in [4.69, 9.17) is 26.8 Å². The highest BCUT2D eigenvalue weighted by Crippen LogP contribution is 2.28. The molecule has 41 heavy (non-hydrogen) atoms. The Morgan fingerprint density at radius 3 is 2.39 bits per heavy atom. The summed E-state index contributed by atoms with van der Waals surface area (Å²) in [6.07, 6.45) is 0.582. The largest absolute Gasteiger partial charge is 0.443 e. The van der Waals surface area contributed by atoms with E-state index in [1.807, 2.05) is 30.3 Å². The topological polar surface area (TPSA) is 125 Å². The third kappa shape index (κ3) is 7.65. The van der Waals surface area contributed by atoms with Crippen LogP contribution in [0.3, 0.4) is 0 Å². The first-order chi connectivity index (χ1) is 19.1. The molecule has 2 heterocycles. The molecule has 0 aliphatic rings. The number of amidine groups is 1. The molecule has 11 heteroatoms. The standard InChI is InChI=1S/C30H33ClN4O5S/c1-29(2,3)39-27(37)34-25(32)21-16-35(28(38)40-30(4,5)6)22-10-7-17(13-20(21)22)11-12-33-26(36)24-14-18-8-9-19(31)15-23(18)41-24/h7-10,13-16H,11-12H2,1-6H3,(H,33,36)(H2,32,34,37). The number of benzene rings is 2. The summed E-state index contributed by atoms with van der Waals surface area (Å²) in [5.74, 6) is -0.268. The molecule has 0 aliphatic heterocycles. The van der Waals surface area contributed by atoms with Gasteiger partial charge in [-0.2, -0.15) is 4.99 Å². The molecular weight excluding hydrogens is 564 g/mol. The van der Waals surface area contributed by atoms with E-state index in [9.17, 15) is 14.4 Å². The summed E-state index contributed by atoms with van der Waals surface area (Å²) >= 11 is 7.45. The molecule has 0 spiro atoms. The fourth-order valence-corrected chi connectivity index (χ4v) is 5.32. The molecule has 0 radical (unpaired) electrons. The van der Waals surface area contributed by atoms with E-state index in [1.54, 1.807) is 53.7 Å². The van der Waals surface area contributed by atoms with Crippen molar-refractivity contribution in [3.63, 3.8) is 0 Å². The highest BCUT2D eigenvalue weighted by molar-refractivity contribution is 7.20. The zero-order chi connectivity index (χ0) is 30.1. The number of aliphatic imine (C=N–C) groups is 1. The normalized spacial score (nSPS) is 12.5. The molecule has 0 bridgehead atoms. The van der Waals surface area contributed by atoms with E-state index < -0.39 is 23.4 Å². The number of ether oxygens (including phenoxy) is 2. The molecule has 0 atom stereocenters. The Balaban J connectivity index is 1.58. The average Bonchev–Trinajstić information content (AvgIpc) is 3.43. The molecule has 4 rings (SSSR count). The number of halogens is 1. The van der Waals surface area contributed by atoms with Crippen molar-refractivity contribution >= 4 is 67.9 Å². The monoisotopic (exact) mass is 596 g/mol. The van der Waals surface area contributed by atoms with Gasteiger partial charge in [0.05, 0.1) is 10.4 Å². The number of carbonyl (C=O) groups is 3. The molecule has 2 aromatic heterocycles. The van der Waals surface area contributed by atoms with Crippen LogP contribution in [0.5, 0.6) is 0 Å². The van der Waals surface area contributed by atoms with E-state index in [0.717, 1.165) is 15.6 Å². The molecule has 3 N–H and O–H groups in total. The minimum absolute atomic E-state index is 0.0955. The van der Waals surface area contributed by atoms with Gasteiger partial charge in [0, 0.05) is 33.4 Å². The zero-order valence-electron chi connectivity index (χ0n) is 23.8. The van der Waals surface area contributed by atoms with Crippen LogP contribution in [-0.2, 0) is 15.9 Å². The predicted octanol–water partition coefficient (Wildman–Crippen LogP) is 6.91. The molecule has 4 aromatic rings. The van der Waals surface area contributed by atoms with E-state index in [2.05, 4.69) is 10.3 Å². The number of nitrogens with zero attached hydrogens (tertiary/aromatic N) is 2. The molecule has 0 aliphatic carbocycles. The number of amides is 2. The Labute approximate surface area is 247 Å². The molecule has 2 amide bonds. The van der Waals surface area contributed by atoms with Gasteiger partial charge in [0.2, 0.25) is 0 Å². The van der Waals surface area contributed by atoms with Crippen molar-refractivity contribution in [1.82, 2.24) is 9.88 Å². The lowest BCUT2D eigenvalue weighted by Crippen LogP contribution is -2.27. The van der Waals surface area contributed by atoms with Gasteiger partial charge in [0.15, 0.2) is 0 Å². The Kier molecular flexibility index (Phi) is 8.46. The van der Waals surface area contributed by atoms with Crippen LogP contribution in [0.1, 0.15) is 62.3 Å². The van der Waals surface area contributed by atoms with Gasteiger partial charge in [0.25, 0.3) is 5.91 Å². The second kappa shape index (κ2) is 11.5. The Morgan fingerprint density at radius 2 is 1.71 bits per heavy atom. The van der Waals surface area contributed by atoms with Crippen LogP contribution in [0.15, 0.2) is 53.7 Å². The molecule has 9 nitrogen and oxygen atoms in total. The van der Waals surface area contributed by atoms with Crippen molar-refractivity contribution in [3.05, 3.63) is 69.7 Å². The average molecular weight is 597 g/mol. The quantitative estimate of drug-likeness (QED) is 0.191. The molecule has 0 saturated heterocycles. The molecule has 216 valence electrons. The van der Waals surface area contributed by atoms with E-state index in [-0.39, 0.29) is 11.7 Å². The number of thiophene rings is 1. The maximum atomic E-state index is 13.0. The van der Waals surface area contributed by atoms with Gasteiger partial charge in [-0.3, -0.25) is 9.36 Å². The Bertz CT molecular complexity index is 1670. The van der Waals surface area contributed by atoms with Crippen molar-refractivity contribution in [3.8, 4) is 0 Å². The van der Waals surface area contributed by atoms with Gasteiger partial charge < -0.3 is 20.5 Å². The highest BCUT2D eigenvalue weighted by Gasteiger charge is 2.23. The number of rotatable bonds is 5. The van der Waals surface area contributed by atoms with Gasteiger partial charge >= 0.3 is 12.2 Å². The second-order valence-electron chi connectivity index (χ2n) is 11.5. The summed E-state index contributed by atoms with van der Waals surface area (Å²) in [7, 11) is 0. The van der Waals surface area contributed by atoms with Crippen LogP contribution in [0.4, 0.5) is 9.59 Å². The SMILES string of the molecule is CC(C)(C)OC(=O)N=C(N)c1cn(C(=O)OC(C)(C)C)c2ccc(CCNC(=O)c3cc4ccc(Cl)cc4s3)cc12. The van der Waals surface area contributed by atoms with Gasteiger partial charge in [-0.05, 0) is 89.2 Å². The van der Waals surface area contributed by atoms with E-state index in [0.29, 0.717) is 39.3 Å². The first-order valence-electron chi connectivity index (χ1n) is 13.0. The smallest absolute Gasteiger partial charge is 0.436 e. The molecule has 0 fully saturated rings. The lowest BCUT2D eigenvalue weighted by atomic mass is 10.1. The first-order valence-corrected chi connectivity index (χ1v) is 14.2.